The average Bonchev–Trinajstić information content (AvgIpc) is 2.75. The lowest BCUT2D eigenvalue weighted by atomic mass is 10.3. The number of imidazole rings is 1. The van der Waals surface area contributed by atoms with Gasteiger partial charge in [-0.05, 0) is 12.1 Å². The van der Waals surface area contributed by atoms with Crippen LogP contribution in [0.2, 0.25) is 0 Å². The largest absolute Gasteiger partial charge is 0.382 e. The van der Waals surface area contributed by atoms with E-state index in [9.17, 15) is 4.39 Å². The lowest BCUT2D eigenvalue weighted by Gasteiger charge is -1.97. The Morgan fingerprint density at radius 1 is 1.18 bits per heavy atom. The number of aromatic nitrogens is 4. The first-order valence-electron chi connectivity index (χ1n) is 4.97. The molecular formula is C11H8FN5. The zero-order valence-corrected chi connectivity index (χ0v) is 8.68. The highest BCUT2D eigenvalue weighted by Crippen LogP contribution is 2.22. The predicted octanol–water partition coefficient (Wildman–Crippen LogP) is 1.74. The van der Waals surface area contributed by atoms with Crippen molar-refractivity contribution in [1.29, 1.82) is 0 Å². The summed E-state index contributed by atoms with van der Waals surface area (Å²) in [4.78, 5) is 15.1. The Morgan fingerprint density at radius 3 is 2.76 bits per heavy atom. The molecule has 84 valence electrons. The quantitative estimate of drug-likeness (QED) is 0.666. The molecule has 0 aliphatic rings. The summed E-state index contributed by atoms with van der Waals surface area (Å²) in [5.74, 6) is 0.287. The molecule has 0 aliphatic heterocycles. The van der Waals surface area contributed by atoms with Gasteiger partial charge >= 0.3 is 0 Å². The fourth-order valence-corrected chi connectivity index (χ4v) is 1.64. The van der Waals surface area contributed by atoms with E-state index in [0.29, 0.717) is 17.0 Å². The minimum atomic E-state index is -0.382. The molecule has 5 nitrogen and oxygen atoms in total. The molecular weight excluding hydrogens is 221 g/mol. The molecule has 17 heavy (non-hydrogen) atoms. The number of benzene rings is 1. The molecule has 0 fully saturated rings. The van der Waals surface area contributed by atoms with Crippen LogP contribution in [-0.4, -0.2) is 19.9 Å². The molecule has 3 N–H and O–H groups in total. The van der Waals surface area contributed by atoms with Gasteiger partial charge in [-0.15, -0.1) is 0 Å². The van der Waals surface area contributed by atoms with Crippen molar-refractivity contribution in [3.63, 3.8) is 0 Å². The van der Waals surface area contributed by atoms with E-state index in [1.807, 2.05) is 0 Å². The van der Waals surface area contributed by atoms with Gasteiger partial charge in [0.2, 0.25) is 0 Å². The number of nitrogen functional groups attached to an aromatic ring is 1. The zero-order chi connectivity index (χ0) is 11.8. The van der Waals surface area contributed by atoms with Gasteiger partial charge < -0.3 is 10.7 Å². The number of rotatable bonds is 1. The lowest BCUT2D eigenvalue weighted by Crippen LogP contribution is -1.96. The van der Waals surface area contributed by atoms with Crippen molar-refractivity contribution in [3.05, 3.63) is 36.4 Å². The van der Waals surface area contributed by atoms with E-state index in [-0.39, 0.29) is 17.2 Å². The normalized spacial score (nSPS) is 10.9. The Labute approximate surface area is 95.5 Å². The Kier molecular flexibility index (Phi) is 2.01. The topological polar surface area (TPSA) is 80.5 Å². The number of nitrogens with two attached hydrogens (primary N) is 1. The number of aromatic amines is 1. The second-order valence-corrected chi connectivity index (χ2v) is 3.51. The van der Waals surface area contributed by atoms with Crippen molar-refractivity contribution < 1.29 is 4.39 Å². The van der Waals surface area contributed by atoms with Crippen LogP contribution < -0.4 is 5.73 Å². The van der Waals surface area contributed by atoms with Crippen LogP contribution in [0.4, 0.5) is 10.2 Å². The third-order valence-electron chi connectivity index (χ3n) is 2.41. The van der Waals surface area contributed by atoms with Gasteiger partial charge in [0, 0.05) is 12.4 Å². The summed E-state index contributed by atoms with van der Waals surface area (Å²) in [5, 5.41) is 0. The number of hydrogen-bond donors (Lipinski definition) is 2. The first kappa shape index (κ1) is 9.71. The molecule has 0 bridgehead atoms. The van der Waals surface area contributed by atoms with Crippen LogP contribution in [0.15, 0.2) is 30.6 Å². The molecule has 6 heteroatoms. The molecule has 0 spiro atoms. The highest BCUT2D eigenvalue weighted by atomic mass is 19.1. The third kappa shape index (κ3) is 1.50. The van der Waals surface area contributed by atoms with Crippen LogP contribution in [-0.2, 0) is 0 Å². The summed E-state index contributed by atoms with van der Waals surface area (Å²) in [7, 11) is 0. The van der Waals surface area contributed by atoms with E-state index in [2.05, 4.69) is 19.9 Å². The van der Waals surface area contributed by atoms with Crippen LogP contribution in [0, 0.1) is 5.82 Å². The molecule has 2 heterocycles. The van der Waals surface area contributed by atoms with Crippen LogP contribution in [0.5, 0.6) is 0 Å². The van der Waals surface area contributed by atoms with Crippen molar-refractivity contribution in [3.8, 4) is 11.5 Å². The number of nitrogens with zero attached hydrogens (tertiary/aromatic N) is 3. The molecule has 0 unspecified atom stereocenters. The van der Waals surface area contributed by atoms with Crippen molar-refractivity contribution in [2.45, 2.75) is 0 Å². The van der Waals surface area contributed by atoms with Crippen LogP contribution >= 0.6 is 0 Å². The monoisotopic (exact) mass is 229 g/mol. The molecule has 0 atom stereocenters. The Hall–Kier alpha value is -2.50. The molecule has 3 aromatic rings. The first-order valence-corrected chi connectivity index (χ1v) is 4.97. The number of H-pyrrole nitrogens is 1. The Balaban J connectivity index is 2.26. The van der Waals surface area contributed by atoms with Gasteiger partial charge in [-0.2, -0.15) is 0 Å². The van der Waals surface area contributed by atoms with Gasteiger partial charge in [-0.1, -0.05) is 6.07 Å². The van der Waals surface area contributed by atoms with Crippen LogP contribution in [0.3, 0.4) is 0 Å². The SMILES string of the molecule is Nc1nccnc1-c1nc2c(F)cccc2[nH]1. The third-order valence-corrected chi connectivity index (χ3v) is 2.41. The summed E-state index contributed by atoms with van der Waals surface area (Å²) in [6.07, 6.45) is 3.00. The minimum absolute atomic E-state index is 0.256. The van der Waals surface area contributed by atoms with E-state index < -0.39 is 0 Å². The van der Waals surface area contributed by atoms with Crippen molar-refractivity contribution in [1.82, 2.24) is 19.9 Å². The summed E-state index contributed by atoms with van der Waals surface area (Å²) in [6.45, 7) is 0. The highest BCUT2D eigenvalue weighted by molar-refractivity contribution is 5.80. The Morgan fingerprint density at radius 2 is 2.00 bits per heavy atom. The molecule has 0 amide bonds. The standard InChI is InChI=1S/C11H8FN5/c12-6-2-1-3-7-8(6)17-11(16-7)9-10(13)15-5-4-14-9/h1-5H,(H2,13,15)(H,16,17). The number of hydrogen-bond acceptors (Lipinski definition) is 4. The van der Waals surface area contributed by atoms with Crippen LogP contribution in [0.25, 0.3) is 22.6 Å². The molecule has 1 aromatic carbocycles. The van der Waals surface area contributed by atoms with E-state index in [4.69, 9.17) is 5.73 Å². The fourth-order valence-electron chi connectivity index (χ4n) is 1.64. The van der Waals surface area contributed by atoms with Gasteiger partial charge in [0.25, 0.3) is 0 Å². The van der Waals surface area contributed by atoms with Gasteiger partial charge in [0.05, 0.1) is 5.52 Å². The maximum atomic E-state index is 13.5. The van der Waals surface area contributed by atoms with E-state index in [0.717, 1.165) is 0 Å². The fraction of sp³-hybridized carbons (Fsp3) is 0. The van der Waals surface area contributed by atoms with Crippen molar-refractivity contribution in [2.75, 3.05) is 5.73 Å². The summed E-state index contributed by atoms with van der Waals surface area (Å²) in [5.41, 5.74) is 6.98. The predicted molar refractivity (Wildman–Crippen MR) is 61.5 cm³/mol. The minimum Gasteiger partial charge on any atom is -0.382 e. The molecule has 2 aromatic heterocycles. The molecule has 0 radical (unpaired) electrons. The molecule has 0 saturated heterocycles. The van der Waals surface area contributed by atoms with E-state index >= 15 is 0 Å². The van der Waals surface area contributed by atoms with Crippen LogP contribution in [0.1, 0.15) is 0 Å². The number of nitrogens with one attached hydrogen (secondary N) is 1. The van der Waals surface area contributed by atoms with E-state index in [1.54, 1.807) is 12.1 Å². The number of fused-ring (bicyclic) bond motifs is 1. The van der Waals surface area contributed by atoms with Crippen molar-refractivity contribution in [2.24, 2.45) is 0 Å². The highest BCUT2D eigenvalue weighted by Gasteiger charge is 2.12. The second kappa shape index (κ2) is 3.51. The average molecular weight is 229 g/mol. The van der Waals surface area contributed by atoms with E-state index in [1.165, 1.54) is 18.5 Å². The number of para-hydroxylation sites is 1. The smallest absolute Gasteiger partial charge is 0.161 e. The maximum Gasteiger partial charge on any atom is 0.161 e. The lowest BCUT2D eigenvalue weighted by molar-refractivity contribution is 0.637. The van der Waals surface area contributed by atoms with Gasteiger partial charge in [0.15, 0.2) is 17.5 Å². The van der Waals surface area contributed by atoms with Gasteiger partial charge in [-0.3, -0.25) is 0 Å². The zero-order valence-electron chi connectivity index (χ0n) is 8.68. The maximum absolute atomic E-state index is 13.5. The summed E-state index contributed by atoms with van der Waals surface area (Å²) < 4.78 is 13.5. The number of anilines is 1. The molecule has 3 rings (SSSR count). The summed E-state index contributed by atoms with van der Waals surface area (Å²) >= 11 is 0. The second-order valence-electron chi connectivity index (χ2n) is 3.51. The van der Waals surface area contributed by atoms with Gasteiger partial charge in [-0.25, -0.2) is 19.3 Å². The first-order chi connectivity index (χ1) is 8.25. The Bertz CT molecular complexity index is 691. The summed E-state index contributed by atoms with van der Waals surface area (Å²) in [6, 6.07) is 4.70. The van der Waals surface area contributed by atoms with Crippen molar-refractivity contribution >= 4 is 16.9 Å². The molecule has 0 saturated carbocycles. The van der Waals surface area contributed by atoms with Gasteiger partial charge in [0.1, 0.15) is 11.2 Å². The molecule has 0 aliphatic carbocycles. The number of halogens is 1.